The molecule has 86 valence electrons. The molecule has 0 amide bonds. The zero-order valence-corrected chi connectivity index (χ0v) is 8.39. The van der Waals surface area contributed by atoms with Crippen LogP contribution in [0.25, 0.3) is 0 Å². The van der Waals surface area contributed by atoms with Gasteiger partial charge in [-0.25, -0.2) is 9.18 Å². The third kappa shape index (κ3) is 2.87. The van der Waals surface area contributed by atoms with Crippen LogP contribution in [0.15, 0.2) is 18.2 Å². The zero-order chi connectivity index (χ0) is 12.1. The highest BCUT2D eigenvalue weighted by molar-refractivity contribution is 5.74. The Bertz CT molecular complexity index is 403. The van der Waals surface area contributed by atoms with Crippen molar-refractivity contribution in [1.29, 1.82) is 0 Å². The molecule has 0 spiro atoms. The quantitative estimate of drug-likeness (QED) is 0.736. The fraction of sp³-hybridized carbons (Fsp3) is 0.273. The highest BCUT2D eigenvalue weighted by atomic mass is 19.1. The van der Waals surface area contributed by atoms with Crippen LogP contribution in [0.1, 0.15) is 23.7 Å². The molecule has 1 rings (SSSR count). The Labute approximate surface area is 91.3 Å². The molecule has 0 aromatic heterocycles. The van der Waals surface area contributed by atoms with E-state index in [2.05, 4.69) is 0 Å². The fourth-order valence-electron chi connectivity index (χ4n) is 1.29. The van der Waals surface area contributed by atoms with Gasteiger partial charge in [-0.1, -0.05) is 12.1 Å². The van der Waals surface area contributed by atoms with Crippen molar-refractivity contribution in [3.05, 3.63) is 35.1 Å². The van der Waals surface area contributed by atoms with Gasteiger partial charge in [0.25, 0.3) is 0 Å². The number of aldehydes is 1. The predicted molar refractivity (Wildman–Crippen MR) is 53.4 cm³/mol. The number of aliphatic hydroxyl groups is 1. The average Bonchev–Trinajstić information content (AvgIpc) is 2.26. The number of hydrogen-bond acceptors (Lipinski definition) is 3. The summed E-state index contributed by atoms with van der Waals surface area (Å²) in [5.74, 6) is -2.04. The Morgan fingerprint density at radius 2 is 2.19 bits per heavy atom. The van der Waals surface area contributed by atoms with Gasteiger partial charge in [-0.3, -0.25) is 0 Å². The van der Waals surface area contributed by atoms with E-state index in [-0.39, 0.29) is 18.4 Å². The lowest BCUT2D eigenvalue weighted by atomic mass is 10.0. The van der Waals surface area contributed by atoms with Crippen LogP contribution in [0.3, 0.4) is 0 Å². The number of hydrogen-bond donors (Lipinski definition) is 2. The van der Waals surface area contributed by atoms with E-state index in [0.717, 1.165) is 6.07 Å². The highest BCUT2D eigenvalue weighted by Gasteiger charge is 2.17. The molecule has 0 aliphatic rings. The average molecular weight is 226 g/mol. The Morgan fingerprint density at radius 3 is 2.69 bits per heavy atom. The van der Waals surface area contributed by atoms with E-state index in [4.69, 9.17) is 10.2 Å². The van der Waals surface area contributed by atoms with Gasteiger partial charge in [0, 0.05) is 6.42 Å². The topological polar surface area (TPSA) is 74.6 Å². The van der Waals surface area contributed by atoms with Gasteiger partial charge >= 0.3 is 5.97 Å². The standard InChI is InChI=1S/C11H11FO4/c12-9-6-8(10(14)11(15)16)4-3-7(9)2-1-5-13/h3-6,10,14H,1-2H2,(H,15,16). The lowest BCUT2D eigenvalue weighted by molar-refractivity contribution is -0.146. The summed E-state index contributed by atoms with van der Waals surface area (Å²) >= 11 is 0. The first-order valence-corrected chi connectivity index (χ1v) is 4.69. The minimum atomic E-state index is -1.73. The van der Waals surface area contributed by atoms with Crippen molar-refractivity contribution in [2.75, 3.05) is 0 Å². The van der Waals surface area contributed by atoms with Gasteiger partial charge in [0.05, 0.1) is 0 Å². The molecular weight excluding hydrogens is 215 g/mol. The first kappa shape index (κ1) is 12.3. The molecule has 1 aromatic carbocycles. The largest absolute Gasteiger partial charge is 0.479 e. The summed E-state index contributed by atoms with van der Waals surface area (Å²) in [5, 5.41) is 17.7. The number of carboxylic acid groups (broad SMARTS) is 1. The second kappa shape index (κ2) is 5.37. The van der Waals surface area contributed by atoms with E-state index >= 15 is 0 Å². The predicted octanol–water partition coefficient (Wildman–Crippen LogP) is 1.08. The smallest absolute Gasteiger partial charge is 0.337 e. The van der Waals surface area contributed by atoms with Crippen LogP contribution >= 0.6 is 0 Å². The van der Waals surface area contributed by atoms with Crippen LogP contribution in [-0.2, 0) is 16.0 Å². The van der Waals surface area contributed by atoms with Crippen molar-refractivity contribution < 1.29 is 24.2 Å². The number of benzene rings is 1. The maximum atomic E-state index is 13.4. The third-order valence-corrected chi connectivity index (χ3v) is 2.16. The lowest BCUT2D eigenvalue weighted by Crippen LogP contribution is -2.11. The molecule has 2 N–H and O–H groups in total. The SMILES string of the molecule is O=CCCc1ccc(C(O)C(=O)O)cc1F. The summed E-state index contributed by atoms with van der Waals surface area (Å²) in [7, 11) is 0. The minimum absolute atomic E-state index is 0.0140. The summed E-state index contributed by atoms with van der Waals surface area (Å²) in [4.78, 5) is 20.6. The third-order valence-electron chi connectivity index (χ3n) is 2.16. The number of aryl methyl sites for hydroxylation is 1. The summed E-state index contributed by atoms with van der Waals surface area (Å²) in [6, 6.07) is 3.68. The summed E-state index contributed by atoms with van der Waals surface area (Å²) < 4.78 is 13.4. The van der Waals surface area contributed by atoms with E-state index in [1.54, 1.807) is 0 Å². The molecule has 4 nitrogen and oxygen atoms in total. The Balaban J connectivity index is 2.90. The van der Waals surface area contributed by atoms with Gasteiger partial charge in [-0.15, -0.1) is 0 Å². The maximum Gasteiger partial charge on any atom is 0.337 e. The zero-order valence-electron chi connectivity index (χ0n) is 8.39. The van der Waals surface area contributed by atoms with Gasteiger partial charge in [0.2, 0.25) is 0 Å². The van der Waals surface area contributed by atoms with Gasteiger partial charge in [-0.05, 0) is 23.6 Å². The van der Waals surface area contributed by atoms with Crippen molar-refractivity contribution in [3.8, 4) is 0 Å². The molecule has 0 radical (unpaired) electrons. The fourth-order valence-corrected chi connectivity index (χ4v) is 1.29. The molecule has 1 unspecified atom stereocenters. The number of rotatable bonds is 5. The molecule has 5 heteroatoms. The van der Waals surface area contributed by atoms with Crippen molar-refractivity contribution >= 4 is 12.3 Å². The molecule has 0 bridgehead atoms. The van der Waals surface area contributed by atoms with Gasteiger partial charge in [0.1, 0.15) is 12.1 Å². The molecule has 1 atom stereocenters. The number of aliphatic hydroxyl groups excluding tert-OH is 1. The second-order valence-electron chi connectivity index (χ2n) is 3.30. The van der Waals surface area contributed by atoms with Crippen LogP contribution in [0, 0.1) is 5.82 Å². The molecule has 0 aliphatic carbocycles. The summed E-state index contributed by atoms with van der Waals surface area (Å²) in [5.41, 5.74) is 0.313. The highest BCUT2D eigenvalue weighted by Crippen LogP contribution is 2.18. The van der Waals surface area contributed by atoms with Gasteiger partial charge in [-0.2, -0.15) is 0 Å². The van der Waals surface area contributed by atoms with E-state index < -0.39 is 17.9 Å². The first-order chi connectivity index (χ1) is 7.56. The molecule has 0 fully saturated rings. The van der Waals surface area contributed by atoms with E-state index in [9.17, 15) is 14.0 Å². The second-order valence-corrected chi connectivity index (χ2v) is 3.30. The van der Waals surface area contributed by atoms with Crippen LogP contribution in [0.2, 0.25) is 0 Å². The van der Waals surface area contributed by atoms with Gasteiger partial charge < -0.3 is 15.0 Å². The van der Waals surface area contributed by atoms with Crippen LogP contribution in [0.4, 0.5) is 4.39 Å². The monoisotopic (exact) mass is 226 g/mol. The normalized spacial score (nSPS) is 12.1. The number of aliphatic carboxylic acids is 1. The summed E-state index contributed by atoms with van der Waals surface area (Å²) in [6.07, 6.45) is -0.578. The number of carboxylic acids is 1. The van der Waals surface area contributed by atoms with Crippen molar-refractivity contribution in [3.63, 3.8) is 0 Å². The van der Waals surface area contributed by atoms with Crippen LogP contribution < -0.4 is 0 Å². The molecular formula is C11H11FO4. The van der Waals surface area contributed by atoms with Gasteiger partial charge in [0.15, 0.2) is 6.10 Å². The summed E-state index contributed by atoms with van der Waals surface area (Å²) in [6.45, 7) is 0. The molecule has 0 saturated heterocycles. The molecule has 1 aromatic rings. The minimum Gasteiger partial charge on any atom is -0.479 e. The van der Waals surface area contributed by atoms with Crippen molar-refractivity contribution in [2.24, 2.45) is 0 Å². The molecule has 0 saturated carbocycles. The lowest BCUT2D eigenvalue weighted by Gasteiger charge is -2.07. The van der Waals surface area contributed by atoms with E-state index in [0.29, 0.717) is 11.8 Å². The van der Waals surface area contributed by atoms with Crippen molar-refractivity contribution in [2.45, 2.75) is 18.9 Å². The van der Waals surface area contributed by atoms with E-state index in [1.807, 2.05) is 0 Å². The molecule has 16 heavy (non-hydrogen) atoms. The Morgan fingerprint density at radius 1 is 1.50 bits per heavy atom. The first-order valence-electron chi connectivity index (χ1n) is 4.69. The van der Waals surface area contributed by atoms with Crippen LogP contribution in [0.5, 0.6) is 0 Å². The van der Waals surface area contributed by atoms with Crippen LogP contribution in [-0.4, -0.2) is 22.5 Å². The Hall–Kier alpha value is -1.75. The molecule has 0 heterocycles. The number of halogens is 1. The Kier molecular flexibility index (Phi) is 4.13. The maximum absolute atomic E-state index is 13.4. The van der Waals surface area contributed by atoms with Crippen molar-refractivity contribution in [1.82, 2.24) is 0 Å². The van der Waals surface area contributed by atoms with E-state index in [1.165, 1.54) is 12.1 Å². The molecule has 0 aliphatic heterocycles. The number of carbonyl (C=O) groups is 2. The number of carbonyl (C=O) groups excluding carboxylic acids is 1.